The van der Waals surface area contributed by atoms with Gasteiger partial charge in [-0.05, 0) is 41.8 Å². The van der Waals surface area contributed by atoms with Gasteiger partial charge in [0.1, 0.15) is 17.5 Å². The maximum atomic E-state index is 13.8. The molecular weight excluding hydrogens is 526 g/mol. The van der Waals surface area contributed by atoms with Gasteiger partial charge in [0.2, 0.25) is 11.8 Å². The Morgan fingerprint density at radius 2 is 1.66 bits per heavy atom. The van der Waals surface area contributed by atoms with Crippen molar-refractivity contribution in [3.63, 3.8) is 0 Å². The second-order valence-electron chi connectivity index (χ2n) is 8.96. The van der Waals surface area contributed by atoms with Crippen LogP contribution in [0.2, 0.25) is 5.02 Å². The van der Waals surface area contributed by atoms with Gasteiger partial charge >= 0.3 is 0 Å². The molecule has 3 amide bonds. The molecule has 4 rings (SSSR count). The minimum Gasteiger partial charge on any atom is -0.354 e. The standard InChI is InChI=1S/C28H28ClN3O5S/c1-2-15-30-27(34)24(17-20-9-4-3-5-10-20)31(18-21-11-8-12-22(29)16-21)26(33)19-32-28(35)23-13-6-7-14-25(23)38(32,36)37/h3-14,16,24H,2,15,17-19H2,1H3,(H,30,34)/t24-/m1/s1. The number of amides is 3. The number of nitrogens with zero attached hydrogens (tertiary/aromatic N) is 2. The van der Waals surface area contributed by atoms with Crippen molar-refractivity contribution in [2.24, 2.45) is 0 Å². The number of rotatable bonds is 10. The third kappa shape index (κ3) is 5.89. The number of hydrogen-bond donors (Lipinski definition) is 1. The Bertz CT molecular complexity index is 1450. The Morgan fingerprint density at radius 3 is 2.34 bits per heavy atom. The second-order valence-corrected chi connectivity index (χ2v) is 11.2. The zero-order valence-electron chi connectivity index (χ0n) is 20.8. The molecule has 0 saturated carbocycles. The topological polar surface area (TPSA) is 104 Å². The van der Waals surface area contributed by atoms with Crippen LogP contribution in [-0.2, 0) is 32.6 Å². The summed E-state index contributed by atoms with van der Waals surface area (Å²) in [6, 6.07) is 21.0. The molecule has 198 valence electrons. The first kappa shape index (κ1) is 27.3. The van der Waals surface area contributed by atoms with Gasteiger partial charge in [0.15, 0.2) is 0 Å². The predicted octanol–water partition coefficient (Wildman–Crippen LogP) is 3.65. The van der Waals surface area contributed by atoms with E-state index in [0.717, 1.165) is 5.56 Å². The van der Waals surface area contributed by atoms with Gasteiger partial charge in [-0.3, -0.25) is 14.4 Å². The van der Waals surface area contributed by atoms with E-state index in [4.69, 9.17) is 11.6 Å². The van der Waals surface area contributed by atoms with Crippen molar-refractivity contribution in [3.8, 4) is 0 Å². The number of fused-ring (bicyclic) bond motifs is 1. The molecule has 0 spiro atoms. The zero-order valence-corrected chi connectivity index (χ0v) is 22.4. The molecule has 0 unspecified atom stereocenters. The van der Waals surface area contributed by atoms with Crippen LogP contribution < -0.4 is 5.32 Å². The van der Waals surface area contributed by atoms with Gasteiger partial charge in [0, 0.05) is 24.5 Å². The first-order valence-corrected chi connectivity index (χ1v) is 14.1. The molecule has 0 radical (unpaired) electrons. The highest BCUT2D eigenvalue weighted by Crippen LogP contribution is 2.30. The van der Waals surface area contributed by atoms with Crippen LogP contribution in [0.3, 0.4) is 0 Å². The van der Waals surface area contributed by atoms with E-state index in [-0.39, 0.29) is 29.3 Å². The Labute approximate surface area is 227 Å². The number of carbonyl (C=O) groups excluding carboxylic acids is 3. The van der Waals surface area contributed by atoms with E-state index in [1.165, 1.54) is 23.1 Å². The summed E-state index contributed by atoms with van der Waals surface area (Å²) in [5, 5.41) is 3.32. The lowest BCUT2D eigenvalue weighted by atomic mass is 10.0. The molecule has 0 bridgehead atoms. The summed E-state index contributed by atoms with van der Waals surface area (Å²) in [7, 11) is -4.21. The first-order valence-electron chi connectivity index (χ1n) is 12.2. The fourth-order valence-corrected chi connectivity index (χ4v) is 6.08. The zero-order chi connectivity index (χ0) is 27.3. The molecule has 0 aromatic heterocycles. The molecular formula is C28H28ClN3O5S. The number of sulfonamides is 1. The summed E-state index contributed by atoms with van der Waals surface area (Å²) in [5.74, 6) is -1.82. The monoisotopic (exact) mass is 553 g/mol. The minimum absolute atomic E-state index is 0.00847. The van der Waals surface area contributed by atoms with Crippen LogP contribution in [0, 0.1) is 0 Å². The lowest BCUT2D eigenvalue weighted by Gasteiger charge is -2.32. The molecule has 1 atom stereocenters. The highest BCUT2D eigenvalue weighted by Gasteiger charge is 2.43. The fourth-order valence-electron chi connectivity index (χ4n) is 4.35. The predicted molar refractivity (Wildman–Crippen MR) is 144 cm³/mol. The maximum absolute atomic E-state index is 13.8. The lowest BCUT2D eigenvalue weighted by Crippen LogP contribution is -2.53. The summed E-state index contributed by atoms with van der Waals surface area (Å²) in [6.45, 7) is 1.59. The van der Waals surface area contributed by atoms with Crippen LogP contribution in [-0.4, -0.2) is 54.5 Å². The van der Waals surface area contributed by atoms with Gasteiger partial charge in [0.05, 0.1) is 5.56 Å². The third-order valence-electron chi connectivity index (χ3n) is 6.25. The van der Waals surface area contributed by atoms with Crippen molar-refractivity contribution >= 4 is 39.3 Å². The number of carbonyl (C=O) groups is 3. The molecule has 1 heterocycles. The van der Waals surface area contributed by atoms with Crippen LogP contribution in [0.4, 0.5) is 0 Å². The maximum Gasteiger partial charge on any atom is 0.269 e. The minimum atomic E-state index is -4.21. The van der Waals surface area contributed by atoms with E-state index in [9.17, 15) is 22.8 Å². The summed E-state index contributed by atoms with van der Waals surface area (Å²) in [4.78, 5) is 41.4. The summed E-state index contributed by atoms with van der Waals surface area (Å²) in [6.07, 6.45) is 0.897. The molecule has 1 N–H and O–H groups in total. The van der Waals surface area contributed by atoms with E-state index in [1.807, 2.05) is 37.3 Å². The molecule has 0 aliphatic carbocycles. The highest BCUT2D eigenvalue weighted by molar-refractivity contribution is 7.90. The smallest absolute Gasteiger partial charge is 0.269 e. The fraction of sp³-hybridized carbons (Fsp3) is 0.250. The highest BCUT2D eigenvalue weighted by atomic mass is 35.5. The van der Waals surface area contributed by atoms with Crippen LogP contribution >= 0.6 is 11.6 Å². The average molecular weight is 554 g/mol. The van der Waals surface area contributed by atoms with Gasteiger partial charge in [-0.25, -0.2) is 12.7 Å². The number of hydrogen-bond acceptors (Lipinski definition) is 5. The quantitative estimate of drug-likeness (QED) is 0.413. The van der Waals surface area contributed by atoms with Crippen molar-refractivity contribution in [1.82, 2.24) is 14.5 Å². The normalized spacial score (nSPS) is 14.6. The van der Waals surface area contributed by atoms with Crippen molar-refractivity contribution in [3.05, 3.63) is 101 Å². The van der Waals surface area contributed by atoms with Crippen LogP contribution in [0.5, 0.6) is 0 Å². The lowest BCUT2D eigenvalue weighted by molar-refractivity contribution is -0.141. The largest absolute Gasteiger partial charge is 0.354 e. The molecule has 0 saturated heterocycles. The molecule has 10 heteroatoms. The van der Waals surface area contributed by atoms with Crippen molar-refractivity contribution in [1.29, 1.82) is 0 Å². The van der Waals surface area contributed by atoms with E-state index in [0.29, 0.717) is 27.9 Å². The first-order chi connectivity index (χ1) is 18.2. The molecule has 3 aromatic carbocycles. The number of benzene rings is 3. The van der Waals surface area contributed by atoms with Gasteiger partial charge in [-0.15, -0.1) is 0 Å². The van der Waals surface area contributed by atoms with E-state index >= 15 is 0 Å². The van der Waals surface area contributed by atoms with Crippen LogP contribution in [0.25, 0.3) is 0 Å². The van der Waals surface area contributed by atoms with Crippen molar-refractivity contribution in [2.45, 2.75) is 37.2 Å². The SMILES string of the molecule is CCCNC(=O)[C@@H](Cc1ccccc1)N(Cc1cccc(Cl)c1)C(=O)CN1C(=O)c2ccccc2S1(=O)=O. The number of nitrogens with one attached hydrogen (secondary N) is 1. The molecule has 8 nitrogen and oxygen atoms in total. The Hall–Kier alpha value is -3.69. The average Bonchev–Trinajstić information content (AvgIpc) is 3.10. The van der Waals surface area contributed by atoms with Gasteiger partial charge in [-0.1, -0.05) is 73.1 Å². The summed E-state index contributed by atoms with van der Waals surface area (Å²) >= 11 is 6.18. The molecule has 0 fully saturated rings. The Kier molecular flexibility index (Phi) is 8.48. The van der Waals surface area contributed by atoms with Crippen LogP contribution in [0.1, 0.15) is 34.8 Å². The van der Waals surface area contributed by atoms with Crippen molar-refractivity contribution < 1.29 is 22.8 Å². The molecule has 3 aromatic rings. The summed E-state index contributed by atoms with van der Waals surface area (Å²) < 4.78 is 26.8. The Morgan fingerprint density at radius 1 is 0.974 bits per heavy atom. The molecule has 38 heavy (non-hydrogen) atoms. The van der Waals surface area contributed by atoms with Gasteiger partial charge in [-0.2, -0.15) is 0 Å². The molecule has 1 aliphatic rings. The Balaban J connectivity index is 1.70. The number of halogens is 1. The van der Waals surface area contributed by atoms with Gasteiger partial charge in [0.25, 0.3) is 15.9 Å². The van der Waals surface area contributed by atoms with E-state index in [2.05, 4.69) is 5.32 Å². The van der Waals surface area contributed by atoms with E-state index in [1.54, 1.807) is 30.3 Å². The summed E-state index contributed by atoms with van der Waals surface area (Å²) in [5.41, 5.74) is 1.50. The second kappa shape index (κ2) is 11.8. The third-order valence-corrected chi connectivity index (χ3v) is 8.28. The van der Waals surface area contributed by atoms with Crippen LogP contribution in [0.15, 0.2) is 83.8 Å². The van der Waals surface area contributed by atoms with Gasteiger partial charge < -0.3 is 10.2 Å². The van der Waals surface area contributed by atoms with Crippen molar-refractivity contribution in [2.75, 3.05) is 13.1 Å². The van der Waals surface area contributed by atoms with E-state index < -0.39 is 34.4 Å². The molecule has 1 aliphatic heterocycles.